The second kappa shape index (κ2) is 4.18. The molecule has 2 nitrogen and oxygen atoms in total. The summed E-state index contributed by atoms with van der Waals surface area (Å²) in [6.07, 6.45) is 0. The van der Waals surface area contributed by atoms with Gasteiger partial charge in [-0.2, -0.15) is 0 Å². The van der Waals surface area contributed by atoms with E-state index in [2.05, 4.69) is 9.88 Å². The molecule has 0 atom stereocenters. The molecule has 0 aromatic heterocycles. The van der Waals surface area contributed by atoms with E-state index >= 15 is 0 Å². The second-order valence-electron chi connectivity index (χ2n) is 2.71. The van der Waals surface area contributed by atoms with Crippen molar-refractivity contribution in [1.82, 2.24) is 0 Å². The van der Waals surface area contributed by atoms with Gasteiger partial charge in [0.15, 0.2) is 0 Å². The SMILES string of the molecule is [CH3][Sn]1([CH3])[O]CCSCC[O]1. The van der Waals surface area contributed by atoms with Gasteiger partial charge < -0.3 is 0 Å². The summed E-state index contributed by atoms with van der Waals surface area (Å²) in [4.78, 5) is 4.34. The molecule has 1 heterocycles. The van der Waals surface area contributed by atoms with Crippen LogP contribution in [0, 0.1) is 0 Å². The van der Waals surface area contributed by atoms with E-state index in [1.165, 1.54) is 0 Å². The van der Waals surface area contributed by atoms with E-state index in [0.717, 1.165) is 24.7 Å². The van der Waals surface area contributed by atoms with Gasteiger partial charge in [-0.05, 0) is 0 Å². The molecule has 0 aliphatic carbocycles. The van der Waals surface area contributed by atoms with Crippen LogP contribution in [0.25, 0.3) is 0 Å². The van der Waals surface area contributed by atoms with Crippen LogP contribution in [0.4, 0.5) is 0 Å². The quantitative estimate of drug-likeness (QED) is 0.620. The Kier molecular flexibility index (Phi) is 3.83. The van der Waals surface area contributed by atoms with Gasteiger partial charge in [-0.15, -0.1) is 0 Å². The van der Waals surface area contributed by atoms with Crippen molar-refractivity contribution in [3.63, 3.8) is 0 Å². The molecule has 0 saturated carbocycles. The molecule has 60 valence electrons. The van der Waals surface area contributed by atoms with Gasteiger partial charge in [-0.25, -0.2) is 0 Å². The second-order valence-corrected chi connectivity index (χ2v) is 13.6. The molecule has 1 fully saturated rings. The third-order valence-corrected chi connectivity index (χ3v) is 7.40. The van der Waals surface area contributed by atoms with Crippen molar-refractivity contribution < 1.29 is 6.15 Å². The van der Waals surface area contributed by atoms with Crippen LogP contribution in [0.5, 0.6) is 0 Å². The van der Waals surface area contributed by atoms with Gasteiger partial charge in [0.25, 0.3) is 0 Å². The molecule has 0 aromatic carbocycles. The summed E-state index contributed by atoms with van der Waals surface area (Å²) in [6, 6.07) is 0. The number of thioether (sulfide) groups is 1. The van der Waals surface area contributed by atoms with E-state index in [4.69, 9.17) is 6.15 Å². The molecule has 0 bridgehead atoms. The van der Waals surface area contributed by atoms with Gasteiger partial charge in [0.1, 0.15) is 0 Å². The van der Waals surface area contributed by atoms with Crippen molar-refractivity contribution in [3.05, 3.63) is 0 Å². The van der Waals surface area contributed by atoms with Crippen molar-refractivity contribution in [2.24, 2.45) is 0 Å². The summed E-state index contributed by atoms with van der Waals surface area (Å²) in [6.45, 7) is 1.79. The zero-order valence-corrected chi connectivity index (χ0v) is 10.2. The van der Waals surface area contributed by atoms with E-state index < -0.39 is 19.2 Å². The molecule has 1 rings (SSSR count). The van der Waals surface area contributed by atoms with Crippen LogP contribution >= 0.6 is 11.8 Å². The van der Waals surface area contributed by atoms with Crippen LogP contribution in [0.1, 0.15) is 0 Å². The normalized spacial score (nSPS) is 27.0. The van der Waals surface area contributed by atoms with Crippen LogP contribution in [-0.2, 0) is 6.15 Å². The van der Waals surface area contributed by atoms with E-state index in [1.807, 2.05) is 11.8 Å². The van der Waals surface area contributed by atoms with Crippen LogP contribution < -0.4 is 0 Å². The van der Waals surface area contributed by atoms with Gasteiger partial charge in [0.2, 0.25) is 0 Å². The predicted octanol–water partition coefficient (Wildman–Crippen LogP) is 1.47. The molecule has 1 aliphatic heterocycles. The molecule has 1 saturated heterocycles. The first-order valence-corrected chi connectivity index (χ1v) is 12.8. The van der Waals surface area contributed by atoms with Gasteiger partial charge in [-0.3, -0.25) is 0 Å². The number of hydrogen-bond donors (Lipinski definition) is 0. The Balaban J connectivity index is 2.30. The van der Waals surface area contributed by atoms with E-state index in [9.17, 15) is 0 Å². The third kappa shape index (κ3) is 3.46. The third-order valence-electron chi connectivity index (χ3n) is 1.35. The molecule has 0 aromatic rings. The van der Waals surface area contributed by atoms with Crippen molar-refractivity contribution in [2.45, 2.75) is 9.88 Å². The molecule has 4 heteroatoms. The average molecular weight is 269 g/mol. The summed E-state index contributed by atoms with van der Waals surface area (Å²) in [5, 5.41) is 0. The monoisotopic (exact) mass is 270 g/mol. The molecular formula is C6H14O2SSn. The topological polar surface area (TPSA) is 18.5 Å². The molecule has 1 aliphatic rings. The molecular weight excluding hydrogens is 255 g/mol. The summed E-state index contributed by atoms with van der Waals surface area (Å²) >= 11 is -0.452. The molecule has 0 amide bonds. The molecule has 0 radical (unpaired) electrons. The molecule has 0 unspecified atom stereocenters. The first kappa shape index (κ1) is 9.16. The summed E-state index contributed by atoms with van der Waals surface area (Å²) in [5.74, 6) is 2.29. The first-order valence-electron chi connectivity index (χ1n) is 3.56. The van der Waals surface area contributed by atoms with E-state index in [1.54, 1.807) is 0 Å². The zero-order valence-electron chi connectivity index (χ0n) is 6.55. The summed E-state index contributed by atoms with van der Waals surface area (Å²) in [5.41, 5.74) is 0. The minimum atomic E-state index is -2.37. The number of hydrogen-bond acceptors (Lipinski definition) is 3. The van der Waals surface area contributed by atoms with Crippen molar-refractivity contribution in [2.75, 3.05) is 24.7 Å². The Morgan fingerprint density at radius 1 is 1.10 bits per heavy atom. The summed E-state index contributed by atoms with van der Waals surface area (Å²) in [7, 11) is 0. The zero-order chi connectivity index (χ0) is 7.45. The Morgan fingerprint density at radius 2 is 1.60 bits per heavy atom. The van der Waals surface area contributed by atoms with Gasteiger partial charge in [-0.1, -0.05) is 0 Å². The van der Waals surface area contributed by atoms with Gasteiger partial charge in [0.05, 0.1) is 0 Å². The van der Waals surface area contributed by atoms with Crippen molar-refractivity contribution in [1.29, 1.82) is 0 Å². The fourth-order valence-electron chi connectivity index (χ4n) is 0.836. The molecule has 0 spiro atoms. The fourth-order valence-corrected chi connectivity index (χ4v) is 5.91. The fraction of sp³-hybridized carbons (Fsp3) is 1.00. The van der Waals surface area contributed by atoms with E-state index in [0.29, 0.717) is 0 Å². The standard InChI is InChI=1S/C4H8O2S.2CH3.Sn/c5-1-3-7-4-2-6;;;/h1-4H2;2*1H3;/q-2;;;+2. The van der Waals surface area contributed by atoms with Gasteiger partial charge in [0, 0.05) is 0 Å². The van der Waals surface area contributed by atoms with Crippen LogP contribution in [0.2, 0.25) is 9.88 Å². The van der Waals surface area contributed by atoms with Gasteiger partial charge >= 0.3 is 71.7 Å². The summed E-state index contributed by atoms with van der Waals surface area (Å²) < 4.78 is 11.3. The molecule has 0 N–H and O–H groups in total. The van der Waals surface area contributed by atoms with Crippen molar-refractivity contribution >= 4 is 31.0 Å². The Bertz CT molecular complexity index is 97.9. The minimum absolute atomic E-state index is 0.897. The van der Waals surface area contributed by atoms with Crippen LogP contribution in [-0.4, -0.2) is 43.9 Å². The van der Waals surface area contributed by atoms with E-state index in [-0.39, 0.29) is 0 Å². The predicted molar refractivity (Wildman–Crippen MR) is 46.7 cm³/mol. The Morgan fingerprint density at radius 3 is 2.10 bits per heavy atom. The van der Waals surface area contributed by atoms with Crippen LogP contribution in [0.3, 0.4) is 0 Å². The number of rotatable bonds is 0. The first-order chi connectivity index (χ1) is 4.71. The average Bonchev–Trinajstić information content (AvgIpc) is 1.81. The van der Waals surface area contributed by atoms with Crippen molar-refractivity contribution in [3.8, 4) is 0 Å². The molecule has 10 heavy (non-hydrogen) atoms. The van der Waals surface area contributed by atoms with Crippen LogP contribution in [0.15, 0.2) is 0 Å². The Hall–Kier alpha value is 1.07. The maximum atomic E-state index is 5.64. The Labute approximate surface area is 71.6 Å². The maximum absolute atomic E-state index is 5.64.